The van der Waals surface area contributed by atoms with Crippen molar-refractivity contribution in [1.29, 1.82) is 0 Å². The van der Waals surface area contributed by atoms with Gasteiger partial charge in [-0.05, 0) is 49.4 Å². The smallest absolute Gasteiger partial charge is 0.254 e. The van der Waals surface area contributed by atoms with E-state index in [-0.39, 0.29) is 36.6 Å². The number of halogens is 1. The van der Waals surface area contributed by atoms with Crippen LogP contribution in [-0.4, -0.2) is 58.7 Å². The number of amides is 3. The van der Waals surface area contributed by atoms with Crippen molar-refractivity contribution in [3.63, 3.8) is 0 Å². The van der Waals surface area contributed by atoms with Gasteiger partial charge in [0.25, 0.3) is 5.91 Å². The van der Waals surface area contributed by atoms with Gasteiger partial charge in [0.2, 0.25) is 11.8 Å². The molecule has 1 aliphatic heterocycles. The van der Waals surface area contributed by atoms with Gasteiger partial charge in [0.15, 0.2) is 5.13 Å². The molecule has 7 nitrogen and oxygen atoms in total. The average molecular weight is 477 g/mol. The lowest BCUT2D eigenvalue weighted by Gasteiger charge is -2.26. The van der Waals surface area contributed by atoms with Gasteiger partial charge in [-0.1, -0.05) is 25.4 Å². The number of carbonyl (C=O) groups excluding carboxylic acids is 3. The summed E-state index contributed by atoms with van der Waals surface area (Å²) in [4.78, 5) is 45.8. The monoisotopic (exact) mass is 476 g/mol. The highest BCUT2D eigenvalue weighted by Crippen LogP contribution is 2.18. The first-order valence-corrected chi connectivity index (χ1v) is 12.1. The predicted octanol–water partition coefficient (Wildman–Crippen LogP) is 4.09. The maximum absolute atomic E-state index is 12.9. The molecule has 0 saturated carbocycles. The fourth-order valence-electron chi connectivity index (χ4n) is 3.62. The van der Waals surface area contributed by atoms with E-state index in [0.29, 0.717) is 28.0 Å². The van der Waals surface area contributed by atoms with Crippen molar-refractivity contribution in [2.24, 2.45) is 5.92 Å². The maximum Gasteiger partial charge on any atom is 0.254 e. The molecule has 9 heteroatoms. The summed E-state index contributed by atoms with van der Waals surface area (Å²) in [5.41, 5.74) is 1.13. The van der Waals surface area contributed by atoms with E-state index in [4.69, 9.17) is 11.6 Å². The highest BCUT2D eigenvalue weighted by molar-refractivity contribution is 7.13. The summed E-state index contributed by atoms with van der Waals surface area (Å²) in [6.45, 7) is 5.96. The third-order valence-electron chi connectivity index (χ3n) is 5.14. The average Bonchev–Trinajstić information content (AvgIpc) is 3.20. The minimum absolute atomic E-state index is 0.0737. The summed E-state index contributed by atoms with van der Waals surface area (Å²) in [6.07, 6.45) is 3.50. The summed E-state index contributed by atoms with van der Waals surface area (Å²) >= 11 is 7.20. The number of hydrogen-bond acceptors (Lipinski definition) is 5. The van der Waals surface area contributed by atoms with Crippen LogP contribution >= 0.6 is 22.9 Å². The van der Waals surface area contributed by atoms with Gasteiger partial charge in [0.1, 0.15) is 6.54 Å². The van der Waals surface area contributed by atoms with Crippen LogP contribution in [0.2, 0.25) is 5.02 Å². The Bertz CT molecular complexity index is 939. The maximum atomic E-state index is 12.9. The van der Waals surface area contributed by atoms with Crippen LogP contribution in [0, 0.1) is 5.92 Å². The number of rotatable bonds is 8. The molecular formula is C23H29ClN4O3S. The van der Waals surface area contributed by atoms with Crippen LogP contribution in [0.25, 0.3) is 0 Å². The Morgan fingerprint density at radius 3 is 2.50 bits per heavy atom. The lowest BCUT2D eigenvalue weighted by molar-refractivity contribution is -0.131. The summed E-state index contributed by atoms with van der Waals surface area (Å²) in [5, 5.41) is 5.54. The molecule has 2 aromatic rings. The molecule has 2 heterocycles. The van der Waals surface area contributed by atoms with Gasteiger partial charge in [0.05, 0.1) is 12.1 Å². The number of nitrogens with zero attached hydrogens (tertiary/aromatic N) is 3. The van der Waals surface area contributed by atoms with Crippen molar-refractivity contribution in [2.45, 2.75) is 39.5 Å². The topological polar surface area (TPSA) is 82.6 Å². The molecule has 0 atom stereocenters. The zero-order chi connectivity index (χ0) is 23.1. The van der Waals surface area contributed by atoms with Crippen molar-refractivity contribution in [3.05, 3.63) is 45.9 Å². The van der Waals surface area contributed by atoms with Gasteiger partial charge in [0, 0.05) is 35.6 Å². The molecule has 172 valence electrons. The molecule has 1 aliphatic rings. The third-order valence-corrected chi connectivity index (χ3v) is 6.20. The molecular weight excluding hydrogens is 448 g/mol. The fraction of sp³-hybridized carbons (Fsp3) is 0.478. The van der Waals surface area contributed by atoms with E-state index in [1.807, 2.05) is 18.7 Å². The molecule has 0 bridgehead atoms. The molecule has 1 aromatic heterocycles. The number of aromatic nitrogens is 1. The summed E-state index contributed by atoms with van der Waals surface area (Å²) < 4.78 is 0. The Labute approximate surface area is 197 Å². The Morgan fingerprint density at radius 2 is 1.84 bits per heavy atom. The first-order valence-electron chi connectivity index (χ1n) is 10.9. The quantitative estimate of drug-likeness (QED) is 0.622. The van der Waals surface area contributed by atoms with Crippen molar-refractivity contribution < 1.29 is 14.4 Å². The van der Waals surface area contributed by atoms with Crippen LogP contribution in [0.3, 0.4) is 0 Å². The van der Waals surface area contributed by atoms with Crippen LogP contribution in [0.15, 0.2) is 29.6 Å². The van der Waals surface area contributed by atoms with Gasteiger partial charge in [-0.15, -0.1) is 11.3 Å². The molecule has 0 radical (unpaired) electrons. The molecule has 1 fully saturated rings. The Morgan fingerprint density at radius 1 is 1.16 bits per heavy atom. The zero-order valence-electron chi connectivity index (χ0n) is 18.5. The largest absolute Gasteiger partial charge is 0.342 e. The van der Waals surface area contributed by atoms with E-state index in [1.165, 1.54) is 22.7 Å². The minimum Gasteiger partial charge on any atom is -0.342 e. The summed E-state index contributed by atoms with van der Waals surface area (Å²) in [7, 11) is 0. The number of thiazole rings is 1. The lowest BCUT2D eigenvalue weighted by Crippen LogP contribution is -2.40. The normalized spacial score (nSPS) is 13.8. The van der Waals surface area contributed by atoms with Gasteiger partial charge in [-0.25, -0.2) is 4.98 Å². The van der Waals surface area contributed by atoms with Crippen molar-refractivity contribution in [1.82, 2.24) is 14.8 Å². The van der Waals surface area contributed by atoms with Crippen LogP contribution in [0.4, 0.5) is 5.13 Å². The summed E-state index contributed by atoms with van der Waals surface area (Å²) in [6, 6.07) is 6.63. The fourth-order valence-corrected chi connectivity index (χ4v) is 4.48. The first-order chi connectivity index (χ1) is 15.3. The first kappa shape index (κ1) is 24.2. The summed E-state index contributed by atoms with van der Waals surface area (Å²) in [5.74, 6) is -0.274. The van der Waals surface area contributed by atoms with Crippen molar-refractivity contribution in [3.8, 4) is 0 Å². The van der Waals surface area contributed by atoms with E-state index >= 15 is 0 Å². The Balaban J connectivity index is 1.58. The predicted molar refractivity (Wildman–Crippen MR) is 127 cm³/mol. The SMILES string of the molecule is CC(C)CN(CC(=O)Nc1nc(CC(=O)N2CCCCC2)cs1)C(=O)c1ccc(Cl)cc1. The van der Waals surface area contributed by atoms with E-state index in [0.717, 1.165) is 25.9 Å². The molecule has 3 rings (SSSR count). The van der Waals surface area contributed by atoms with E-state index in [2.05, 4.69) is 10.3 Å². The minimum atomic E-state index is -0.323. The highest BCUT2D eigenvalue weighted by Gasteiger charge is 2.21. The van der Waals surface area contributed by atoms with Gasteiger partial charge < -0.3 is 15.1 Å². The van der Waals surface area contributed by atoms with Gasteiger partial charge >= 0.3 is 0 Å². The van der Waals surface area contributed by atoms with E-state index < -0.39 is 0 Å². The molecule has 0 unspecified atom stereocenters. The van der Waals surface area contributed by atoms with Crippen molar-refractivity contribution >= 4 is 45.8 Å². The number of anilines is 1. The van der Waals surface area contributed by atoms with E-state index in [9.17, 15) is 14.4 Å². The number of benzene rings is 1. The third kappa shape index (κ3) is 7.03. The number of piperidine rings is 1. The molecule has 3 amide bonds. The molecule has 0 spiro atoms. The van der Waals surface area contributed by atoms with Gasteiger partial charge in [-0.3, -0.25) is 14.4 Å². The lowest BCUT2D eigenvalue weighted by atomic mass is 10.1. The second-order valence-corrected chi connectivity index (χ2v) is 9.69. The molecule has 0 aliphatic carbocycles. The van der Waals surface area contributed by atoms with Crippen LogP contribution in [-0.2, 0) is 16.0 Å². The number of carbonyl (C=O) groups is 3. The molecule has 1 aromatic carbocycles. The highest BCUT2D eigenvalue weighted by atomic mass is 35.5. The second kappa shape index (κ2) is 11.4. The molecule has 1 N–H and O–H groups in total. The van der Waals surface area contributed by atoms with Crippen LogP contribution in [0.1, 0.15) is 49.2 Å². The van der Waals surface area contributed by atoms with Crippen LogP contribution < -0.4 is 5.32 Å². The van der Waals surface area contributed by atoms with Crippen LogP contribution in [0.5, 0.6) is 0 Å². The second-order valence-electron chi connectivity index (χ2n) is 8.40. The zero-order valence-corrected chi connectivity index (χ0v) is 20.0. The molecule has 1 saturated heterocycles. The van der Waals surface area contributed by atoms with E-state index in [1.54, 1.807) is 29.6 Å². The van der Waals surface area contributed by atoms with Crippen molar-refractivity contribution in [2.75, 3.05) is 31.5 Å². The molecule has 32 heavy (non-hydrogen) atoms. The Kier molecular flexibility index (Phi) is 8.64. The standard InChI is InChI=1S/C23H29ClN4O3S/c1-16(2)13-28(22(31)17-6-8-18(24)9-7-17)14-20(29)26-23-25-19(15-32-23)12-21(30)27-10-4-3-5-11-27/h6-9,15-16H,3-5,10-14H2,1-2H3,(H,25,26,29). The number of hydrogen-bond donors (Lipinski definition) is 1. The van der Waals surface area contributed by atoms with Gasteiger partial charge in [-0.2, -0.15) is 0 Å². The number of likely N-dealkylation sites (tertiary alicyclic amines) is 1. The Hall–Kier alpha value is -2.45. The number of nitrogens with one attached hydrogen (secondary N) is 1.